The lowest BCUT2D eigenvalue weighted by molar-refractivity contribution is -0.137. The van der Waals surface area contributed by atoms with E-state index in [-0.39, 0.29) is 5.69 Å². The predicted octanol–water partition coefficient (Wildman–Crippen LogP) is 3.89. The number of nitriles is 1. The molecule has 1 aromatic rings. The topological polar surface area (TPSA) is 98.0 Å². The van der Waals surface area contributed by atoms with Crippen LogP contribution in [0.25, 0.3) is 0 Å². The molecule has 0 aliphatic heterocycles. The van der Waals surface area contributed by atoms with Gasteiger partial charge in [0.15, 0.2) is 5.84 Å². The van der Waals surface area contributed by atoms with Gasteiger partial charge in [0.2, 0.25) is 5.71 Å². The van der Waals surface area contributed by atoms with Crippen LogP contribution in [0.3, 0.4) is 0 Å². The van der Waals surface area contributed by atoms with Gasteiger partial charge in [0.05, 0.1) is 26.3 Å². The van der Waals surface area contributed by atoms with E-state index in [4.69, 9.17) is 51.2 Å². The lowest BCUT2D eigenvalue weighted by Gasteiger charge is -2.14. The van der Waals surface area contributed by atoms with Crippen LogP contribution in [0.5, 0.6) is 0 Å². The van der Waals surface area contributed by atoms with E-state index in [9.17, 15) is 13.2 Å². The first kappa shape index (κ1) is 17.4. The van der Waals surface area contributed by atoms with Crippen molar-refractivity contribution in [2.45, 2.75) is 6.18 Å². The first-order valence-corrected chi connectivity index (χ1v) is 6.05. The van der Waals surface area contributed by atoms with Crippen molar-refractivity contribution in [1.29, 1.82) is 10.7 Å². The Bertz CT molecular complexity index is 663. The van der Waals surface area contributed by atoms with E-state index in [1.54, 1.807) is 0 Å². The molecule has 5 nitrogen and oxygen atoms in total. The van der Waals surface area contributed by atoms with Crippen LogP contribution in [0.15, 0.2) is 11.2 Å². The molecule has 0 aromatic heterocycles. The van der Waals surface area contributed by atoms with Crippen LogP contribution < -0.4 is 11.2 Å². The Hall–Kier alpha value is -1.69. The highest BCUT2D eigenvalue weighted by molar-refractivity contribution is 6.47. The molecule has 112 valence electrons. The summed E-state index contributed by atoms with van der Waals surface area (Å²) in [5.74, 6) is -0.643. The number of hydrogen-bond acceptors (Lipinski definition) is 4. The maximum absolute atomic E-state index is 12.7. The summed E-state index contributed by atoms with van der Waals surface area (Å²) in [6, 6.07) is 2.06. The molecule has 0 fully saturated rings. The van der Waals surface area contributed by atoms with Crippen LogP contribution in [-0.2, 0) is 6.18 Å². The summed E-state index contributed by atoms with van der Waals surface area (Å²) in [5, 5.41) is 17.4. The maximum Gasteiger partial charge on any atom is 0.417 e. The van der Waals surface area contributed by atoms with Crippen molar-refractivity contribution < 1.29 is 13.2 Å². The summed E-state index contributed by atoms with van der Waals surface area (Å²) in [6.07, 6.45) is -4.73. The lowest BCUT2D eigenvalue weighted by atomic mass is 10.2. The van der Waals surface area contributed by atoms with Gasteiger partial charge in [-0.05, 0) is 6.07 Å². The zero-order valence-electron chi connectivity index (χ0n) is 9.82. The minimum absolute atomic E-state index is 0.245. The highest BCUT2D eigenvalue weighted by Crippen LogP contribution is 2.44. The molecular weight excluding hydrogens is 353 g/mol. The van der Waals surface area contributed by atoms with E-state index >= 15 is 0 Å². The SMILES string of the molecule is N#C/C(=N\Nc1c(Cl)cc(C(F)(F)F)c(Cl)c1Cl)C(=N)N. The second kappa shape index (κ2) is 6.39. The Labute approximate surface area is 131 Å². The van der Waals surface area contributed by atoms with Crippen molar-refractivity contribution in [3.63, 3.8) is 0 Å². The molecule has 0 saturated carbocycles. The van der Waals surface area contributed by atoms with Gasteiger partial charge >= 0.3 is 6.18 Å². The number of rotatable bonds is 3. The average molecular weight is 359 g/mol. The molecule has 0 amide bonds. The van der Waals surface area contributed by atoms with E-state index in [1.807, 2.05) is 0 Å². The van der Waals surface area contributed by atoms with E-state index in [1.165, 1.54) is 6.07 Å². The highest BCUT2D eigenvalue weighted by Gasteiger charge is 2.35. The maximum atomic E-state index is 12.7. The number of hydrazone groups is 1. The molecule has 0 bridgehead atoms. The molecule has 21 heavy (non-hydrogen) atoms. The quantitative estimate of drug-likeness (QED) is 0.331. The first-order chi connectivity index (χ1) is 9.59. The molecule has 0 aliphatic carbocycles. The molecule has 0 saturated heterocycles. The van der Waals surface area contributed by atoms with Crippen LogP contribution in [0.1, 0.15) is 5.56 Å². The minimum Gasteiger partial charge on any atom is -0.382 e. The monoisotopic (exact) mass is 357 g/mol. The van der Waals surface area contributed by atoms with Crippen LogP contribution in [0.4, 0.5) is 18.9 Å². The van der Waals surface area contributed by atoms with Gasteiger partial charge in [-0.3, -0.25) is 10.8 Å². The van der Waals surface area contributed by atoms with Crippen molar-refractivity contribution in [1.82, 2.24) is 0 Å². The number of alkyl halides is 3. The molecule has 1 rings (SSSR count). The molecule has 0 atom stereocenters. The summed E-state index contributed by atoms with van der Waals surface area (Å²) in [4.78, 5) is 0. The second-order valence-electron chi connectivity index (χ2n) is 3.50. The van der Waals surface area contributed by atoms with Crippen LogP contribution in [-0.4, -0.2) is 11.5 Å². The summed E-state index contributed by atoms with van der Waals surface area (Å²) >= 11 is 16.9. The van der Waals surface area contributed by atoms with Gasteiger partial charge in [0.1, 0.15) is 6.07 Å². The van der Waals surface area contributed by atoms with Crippen molar-refractivity contribution in [2.24, 2.45) is 10.8 Å². The average Bonchev–Trinajstić information content (AvgIpc) is 2.36. The number of nitrogens with two attached hydrogens (primary N) is 1. The third kappa shape index (κ3) is 3.91. The molecule has 11 heteroatoms. The number of halogens is 6. The third-order valence-corrected chi connectivity index (χ3v) is 3.27. The van der Waals surface area contributed by atoms with Crippen molar-refractivity contribution in [3.05, 3.63) is 26.7 Å². The number of nitrogens with one attached hydrogen (secondary N) is 2. The molecule has 0 heterocycles. The molecule has 0 unspecified atom stereocenters. The molecule has 1 aromatic carbocycles. The van der Waals surface area contributed by atoms with Crippen LogP contribution in [0.2, 0.25) is 15.1 Å². The molecule has 0 spiro atoms. The van der Waals surface area contributed by atoms with Gasteiger partial charge in [0, 0.05) is 0 Å². The van der Waals surface area contributed by atoms with E-state index in [0.717, 1.165) is 0 Å². The Morgan fingerprint density at radius 1 is 1.33 bits per heavy atom. The minimum atomic E-state index is -4.73. The predicted molar refractivity (Wildman–Crippen MR) is 75.1 cm³/mol. The number of benzene rings is 1. The van der Waals surface area contributed by atoms with Crippen molar-refractivity contribution >= 4 is 52.0 Å². The van der Waals surface area contributed by atoms with Crippen LogP contribution in [0, 0.1) is 16.7 Å². The fourth-order valence-corrected chi connectivity index (χ4v) is 1.96. The second-order valence-corrected chi connectivity index (χ2v) is 4.67. The number of amidine groups is 1. The van der Waals surface area contributed by atoms with E-state index < -0.39 is 38.4 Å². The Morgan fingerprint density at radius 3 is 2.33 bits per heavy atom. The Balaban J connectivity index is 3.33. The van der Waals surface area contributed by atoms with E-state index in [0.29, 0.717) is 6.07 Å². The van der Waals surface area contributed by atoms with Gasteiger partial charge in [0.25, 0.3) is 0 Å². The third-order valence-electron chi connectivity index (χ3n) is 2.10. The summed E-state index contributed by atoms with van der Waals surface area (Å²) in [6.45, 7) is 0. The fourth-order valence-electron chi connectivity index (χ4n) is 1.16. The Kier molecular flexibility index (Phi) is 5.28. The number of anilines is 1. The van der Waals surface area contributed by atoms with Crippen LogP contribution >= 0.6 is 34.8 Å². The standard InChI is InChI=1S/C10H5Cl3F3N5/c11-4-1-3(10(14,15)16)6(12)7(13)8(4)21-20-5(2-17)9(18)19/h1,21H,(H3,18,19)/b20-5+. The van der Waals surface area contributed by atoms with Gasteiger partial charge in [-0.25, -0.2) is 0 Å². The van der Waals surface area contributed by atoms with Gasteiger partial charge < -0.3 is 5.73 Å². The van der Waals surface area contributed by atoms with Crippen molar-refractivity contribution in [3.8, 4) is 6.07 Å². The molecule has 0 aliphatic rings. The molecular formula is C10H5Cl3F3N5. The summed E-state index contributed by atoms with van der Waals surface area (Å²) in [7, 11) is 0. The fraction of sp³-hybridized carbons (Fsp3) is 0.100. The van der Waals surface area contributed by atoms with Gasteiger partial charge in [-0.2, -0.15) is 23.5 Å². The normalized spacial score (nSPS) is 12.0. The summed E-state index contributed by atoms with van der Waals surface area (Å²) in [5.41, 5.74) is 5.26. The first-order valence-electron chi connectivity index (χ1n) is 4.92. The highest BCUT2D eigenvalue weighted by atomic mass is 35.5. The Morgan fingerprint density at radius 2 is 1.90 bits per heavy atom. The zero-order chi connectivity index (χ0) is 16.4. The largest absolute Gasteiger partial charge is 0.417 e. The van der Waals surface area contributed by atoms with Crippen molar-refractivity contribution in [2.75, 3.05) is 5.43 Å². The summed E-state index contributed by atoms with van der Waals surface area (Å²) < 4.78 is 38.0. The van der Waals surface area contributed by atoms with Gasteiger partial charge in [-0.15, -0.1) is 0 Å². The van der Waals surface area contributed by atoms with E-state index in [2.05, 4.69) is 10.5 Å². The van der Waals surface area contributed by atoms with Gasteiger partial charge in [-0.1, -0.05) is 34.8 Å². The lowest BCUT2D eigenvalue weighted by Crippen LogP contribution is -2.22. The zero-order valence-corrected chi connectivity index (χ0v) is 12.1. The number of nitrogens with zero attached hydrogens (tertiary/aromatic N) is 2. The molecule has 0 radical (unpaired) electrons. The smallest absolute Gasteiger partial charge is 0.382 e. The molecule has 4 N–H and O–H groups in total. The number of hydrogen-bond donors (Lipinski definition) is 3.